The number of nitrogens with one attached hydrogen (secondary N) is 1. The Kier molecular flexibility index (Phi) is 5.03. The third-order valence-electron chi connectivity index (χ3n) is 2.38. The van der Waals surface area contributed by atoms with E-state index in [-0.39, 0.29) is 12.6 Å². The second kappa shape index (κ2) is 6.12. The van der Waals surface area contributed by atoms with Gasteiger partial charge in [0.05, 0.1) is 30.0 Å². The lowest BCUT2D eigenvalue weighted by molar-refractivity contribution is 0.0550. The lowest BCUT2D eigenvalue weighted by atomic mass is 10.1. The number of aliphatic hydroxyl groups is 1. The smallest absolute Gasteiger partial charge is 0.321 e. The molecule has 6 heteroatoms. The Morgan fingerprint density at radius 3 is 2.68 bits per heavy atom. The van der Waals surface area contributed by atoms with Crippen LogP contribution in [0.3, 0.4) is 0 Å². The molecule has 0 fully saturated rings. The fourth-order valence-electron chi connectivity index (χ4n) is 1.68. The van der Waals surface area contributed by atoms with Crippen molar-refractivity contribution in [3.8, 4) is 5.75 Å². The number of methoxy groups -OCH3 is 1. The molecular formula is C13H19ClN2O3. The van der Waals surface area contributed by atoms with Gasteiger partial charge in [-0.1, -0.05) is 17.7 Å². The Hall–Kier alpha value is -1.46. The van der Waals surface area contributed by atoms with Crippen LogP contribution in [-0.2, 0) is 0 Å². The number of carbonyl (C=O) groups excluding carboxylic acids is 1. The first-order valence-electron chi connectivity index (χ1n) is 5.81. The highest BCUT2D eigenvalue weighted by Gasteiger charge is 2.20. The number of hydrogen-bond donors (Lipinski definition) is 2. The van der Waals surface area contributed by atoms with Gasteiger partial charge >= 0.3 is 6.03 Å². The number of nitrogens with zero attached hydrogens (tertiary/aromatic N) is 1. The van der Waals surface area contributed by atoms with Crippen molar-refractivity contribution in [1.29, 1.82) is 0 Å². The Labute approximate surface area is 118 Å². The normalized spacial score (nSPS) is 11.1. The molecule has 1 rings (SSSR count). The minimum absolute atomic E-state index is 0.210. The number of ether oxygens (including phenoxy) is 1. The second-order valence-electron chi connectivity index (χ2n) is 4.92. The van der Waals surface area contributed by atoms with Crippen molar-refractivity contribution in [1.82, 2.24) is 4.90 Å². The fraction of sp³-hybridized carbons (Fsp3) is 0.462. The molecule has 0 aliphatic rings. The van der Waals surface area contributed by atoms with Crippen LogP contribution in [0.2, 0.25) is 5.02 Å². The highest BCUT2D eigenvalue weighted by Crippen LogP contribution is 2.32. The van der Waals surface area contributed by atoms with E-state index in [2.05, 4.69) is 5.32 Å². The van der Waals surface area contributed by atoms with Crippen molar-refractivity contribution in [2.75, 3.05) is 26.0 Å². The second-order valence-corrected chi connectivity index (χ2v) is 5.33. The summed E-state index contributed by atoms with van der Waals surface area (Å²) in [7, 11) is 3.09. The molecule has 0 radical (unpaired) electrons. The topological polar surface area (TPSA) is 61.8 Å². The maximum atomic E-state index is 12.0. The summed E-state index contributed by atoms with van der Waals surface area (Å²) < 4.78 is 5.14. The van der Waals surface area contributed by atoms with Gasteiger partial charge in [0.2, 0.25) is 0 Å². The average molecular weight is 287 g/mol. The molecule has 0 spiro atoms. The molecule has 0 bridgehead atoms. The van der Waals surface area contributed by atoms with Crippen LogP contribution in [0.25, 0.3) is 0 Å². The zero-order valence-electron chi connectivity index (χ0n) is 11.5. The van der Waals surface area contributed by atoms with Gasteiger partial charge in [-0.15, -0.1) is 0 Å². The average Bonchev–Trinajstić information content (AvgIpc) is 2.27. The summed E-state index contributed by atoms with van der Waals surface area (Å²) in [6.45, 7) is 3.48. The van der Waals surface area contributed by atoms with Gasteiger partial charge in [0.25, 0.3) is 0 Å². The highest BCUT2D eigenvalue weighted by atomic mass is 35.5. The van der Waals surface area contributed by atoms with Crippen LogP contribution < -0.4 is 10.1 Å². The molecule has 0 aliphatic carbocycles. The number of hydrogen-bond acceptors (Lipinski definition) is 3. The SMILES string of the molecule is COc1c(Cl)cccc1NC(=O)N(C)CC(C)(C)O. The first kappa shape index (κ1) is 15.6. The number of anilines is 1. The summed E-state index contributed by atoms with van der Waals surface area (Å²) in [5.41, 5.74) is -0.465. The highest BCUT2D eigenvalue weighted by molar-refractivity contribution is 6.32. The number of amides is 2. The van der Waals surface area contributed by atoms with Gasteiger partial charge in [0, 0.05) is 7.05 Å². The first-order chi connectivity index (χ1) is 8.74. The number of halogens is 1. The van der Waals surface area contributed by atoms with Crippen LogP contribution in [0.4, 0.5) is 10.5 Å². The van der Waals surface area contributed by atoms with Crippen LogP contribution in [0, 0.1) is 0 Å². The number of benzene rings is 1. The molecular weight excluding hydrogens is 268 g/mol. The molecule has 106 valence electrons. The van der Waals surface area contributed by atoms with Crippen molar-refractivity contribution in [2.45, 2.75) is 19.4 Å². The number of para-hydroxylation sites is 1. The summed E-state index contributed by atoms with van der Waals surface area (Å²) in [6, 6.07) is 4.75. The van der Waals surface area contributed by atoms with Crippen molar-refractivity contribution >= 4 is 23.3 Å². The summed E-state index contributed by atoms with van der Waals surface area (Å²) in [4.78, 5) is 13.4. The lowest BCUT2D eigenvalue weighted by Crippen LogP contribution is -2.41. The van der Waals surface area contributed by atoms with Crippen LogP contribution in [0.5, 0.6) is 5.75 Å². The van der Waals surface area contributed by atoms with E-state index in [0.29, 0.717) is 16.5 Å². The maximum Gasteiger partial charge on any atom is 0.321 e. The van der Waals surface area contributed by atoms with Gasteiger partial charge in [0.15, 0.2) is 5.75 Å². The fourth-order valence-corrected chi connectivity index (χ4v) is 1.93. The Bertz CT molecular complexity index is 458. The van der Waals surface area contributed by atoms with Gasteiger partial charge in [-0.05, 0) is 26.0 Å². The predicted molar refractivity (Wildman–Crippen MR) is 76.0 cm³/mol. The van der Waals surface area contributed by atoms with Crippen LogP contribution >= 0.6 is 11.6 Å². The molecule has 0 saturated carbocycles. The van der Waals surface area contributed by atoms with E-state index in [0.717, 1.165) is 0 Å². The standard InChI is InChI=1S/C13H19ClN2O3/c1-13(2,18)8-16(3)12(17)15-10-7-5-6-9(14)11(10)19-4/h5-7,18H,8H2,1-4H3,(H,15,17). The van der Waals surface area contributed by atoms with Crippen molar-refractivity contribution in [2.24, 2.45) is 0 Å². The van der Waals surface area contributed by atoms with Gasteiger partial charge in [-0.3, -0.25) is 0 Å². The molecule has 0 unspecified atom stereocenters. The van der Waals surface area contributed by atoms with Crippen LogP contribution in [0.1, 0.15) is 13.8 Å². The molecule has 1 aromatic rings. The van der Waals surface area contributed by atoms with Crippen molar-refractivity contribution in [3.63, 3.8) is 0 Å². The van der Waals surface area contributed by atoms with Gasteiger partial charge < -0.3 is 20.1 Å². The first-order valence-corrected chi connectivity index (χ1v) is 6.19. The van der Waals surface area contributed by atoms with E-state index in [1.807, 2.05) is 0 Å². The Balaban J connectivity index is 2.80. The monoisotopic (exact) mass is 286 g/mol. The molecule has 1 aromatic carbocycles. The third-order valence-corrected chi connectivity index (χ3v) is 2.68. The van der Waals surface area contributed by atoms with Crippen LogP contribution in [-0.4, -0.2) is 42.3 Å². The van der Waals surface area contributed by atoms with E-state index in [9.17, 15) is 9.90 Å². The quantitative estimate of drug-likeness (QED) is 0.894. The molecule has 2 N–H and O–H groups in total. The van der Waals surface area contributed by atoms with E-state index >= 15 is 0 Å². The zero-order chi connectivity index (χ0) is 14.6. The maximum absolute atomic E-state index is 12.0. The minimum atomic E-state index is -0.954. The third kappa shape index (κ3) is 4.61. The number of carbonyl (C=O) groups is 1. The molecule has 0 aromatic heterocycles. The molecule has 0 aliphatic heterocycles. The molecule has 19 heavy (non-hydrogen) atoms. The molecule has 2 amide bonds. The Morgan fingerprint density at radius 2 is 2.16 bits per heavy atom. The van der Waals surface area contributed by atoms with Gasteiger partial charge in [0.1, 0.15) is 0 Å². The Morgan fingerprint density at radius 1 is 1.53 bits per heavy atom. The van der Waals surface area contributed by atoms with Gasteiger partial charge in [-0.25, -0.2) is 4.79 Å². The molecule has 0 saturated heterocycles. The van der Waals surface area contributed by atoms with E-state index in [4.69, 9.17) is 16.3 Å². The summed E-state index contributed by atoms with van der Waals surface area (Å²) in [5.74, 6) is 0.411. The summed E-state index contributed by atoms with van der Waals surface area (Å²) >= 11 is 5.97. The molecule has 0 heterocycles. The largest absolute Gasteiger partial charge is 0.493 e. The zero-order valence-corrected chi connectivity index (χ0v) is 12.3. The minimum Gasteiger partial charge on any atom is -0.493 e. The number of urea groups is 1. The number of likely N-dealkylation sites (N-methyl/N-ethyl adjacent to an activating group) is 1. The predicted octanol–water partition coefficient (Wildman–Crippen LogP) is 2.58. The lowest BCUT2D eigenvalue weighted by Gasteiger charge is -2.26. The van der Waals surface area contributed by atoms with Crippen LogP contribution in [0.15, 0.2) is 18.2 Å². The van der Waals surface area contributed by atoms with E-state index in [1.54, 1.807) is 39.1 Å². The molecule has 0 atom stereocenters. The van der Waals surface area contributed by atoms with E-state index < -0.39 is 5.60 Å². The van der Waals surface area contributed by atoms with Crippen molar-refractivity contribution in [3.05, 3.63) is 23.2 Å². The molecule has 5 nitrogen and oxygen atoms in total. The number of rotatable bonds is 4. The summed E-state index contributed by atoms with van der Waals surface area (Å²) in [5, 5.41) is 12.8. The van der Waals surface area contributed by atoms with Crippen molar-refractivity contribution < 1.29 is 14.6 Å². The van der Waals surface area contributed by atoms with E-state index in [1.165, 1.54) is 12.0 Å². The van der Waals surface area contributed by atoms with Gasteiger partial charge in [-0.2, -0.15) is 0 Å². The summed E-state index contributed by atoms with van der Waals surface area (Å²) in [6.07, 6.45) is 0.